The van der Waals surface area contributed by atoms with E-state index in [2.05, 4.69) is 27.3 Å². The molecule has 0 radical (unpaired) electrons. The van der Waals surface area contributed by atoms with Gasteiger partial charge in [-0.1, -0.05) is 37.3 Å². The van der Waals surface area contributed by atoms with Crippen molar-refractivity contribution in [2.24, 2.45) is 5.92 Å². The van der Waals surface area contributed by atoms with E-state index in [4.69, 9.17) is 0 Å². The highest BCUT2D eigenvalue weighted by Crippen LogP contribution is 2.15. The van der Waals surface area contributed by atoms with Gasteiger partial charge >= 0.3 is 0 Å². The van der Waals surface area contributed by atoms with Crippen molar-refractivity contribution in [1.29, 1.82) is 0 Å². The predicted octanol–water partition coefficient (Wildman–Crippen LogP) is 2.71. The zero-order chi connectivity index (χ0) is 17.6. The molecule has 6 heteroatoms. The molecular weight excluding hydrogens is 314 g/mol. The Morgan fingerprint density at radius 2 is 2.04 bits per heavy atom. The van der Waals surface area contributed by atoms with Gasteiger partial charge in [-0.3, -0.25) is 9.48 Å². The zero-order valence-electron chi connectivity index (χ0n) is 14.4. The topological polar surface area (TPSA) is 72.7 Å². The molecule has 3 rings (SSSR count). The molecule has 2 heterocycles. The second kappa shape index (κ2) is 7.70. The molecule has 3 aromatic rings. The van der Waals surface area contributed by atoms with Gasteiger partial charge < -0.3 is 5.32 Å². The van der Waals surface area contributed by atoms with Crippen molar-refractivity contribution >= 4 is 5.91 Å². The third-order valence-corrected chi connectivity index (χ3v) is 3.92. The Morgan fingerprint density at radius 1 is 1.24 bits per heavy atom. The van der Waals surface area contributed by atoms with Gasteiger partial charge in [0.2, 0.25) is 0 Å². The summed E-state index contributed by atoms with van der Waals surface area (Å²) in [6.07, 6.45) is 5.26. The van der Waals surface area contributed by atoms with Gasteiger partial charge in [0.1, 0.15) is 0 Å². The number of nitrogens with one attached hydrogen (secondary N) is 1. The molecule has 1 atom stereocenters. The van der Waals surface area contributed by atoms with Crippen LogP contribution in [0.3, 0.4) is 0 Å². The number of aromatic nitrogens is 4. The van der Waals surface area contributed by atoms with Crippen molar-refractivity contribution in [3.8, 4) is 11.4 Å². The van der Waals surface area contributed by atoms with Gasteiger partial charge in [-0.2, -0.15) is 5.10 Å². The van der Waals surface area contributed by atoms with E-state index in [-0.39, 0.29) is 11.8 Å². The predicted molar refractivity (Wildman–Crippen MR) is 95.9 cm³/mol. The second-order valence-corrected chi connectivity index (χ2v) is 6.10. The number of benzene rings is 1. The van der Waals surface area contributed by atoms with Crippen LogP contribution in [-0.2, 0) is 6.54 Å². The summed E-state index contributed by atoms with van der Waals surface area (Å²) in [6.45, 7) is 5.23. The summed E-state index contributed by atoms with van der Waals surface area (Å²) < 4.78 is 1.86. The molecule has 0 unspecified atom stereocenters. The molecule has 0 bridgehead atoms. The lowest BCUT2D eigenvalue weighted by atomic mass is 10.1. The fourth-order valence-corrected chi connectivity index (χ4v) is 2.57. The summed E-state index contributed by atoms with van der Waals surface area (Å²) in [6, 6.07) is 11.6. The minimum Gasteiger partial charge on any atom is -0.352 e. The van der Waals surface area contributed by atoms with E-state index in [0.29, 0.717) is 23.6 Å². The van der Waals surface area contributed by atoms with Crippen molar-refractivity contribution < 1.29 is 4.79 Å². The van der Waals surface area contributed by atoms with Gasteiger partial charge in [-0.15, -0.1) is 0 Å². The summed E-state index contributed by atoms with van der Waals surface area (Å²) in [5.74, 6) is 0.750. The fourth-order valence-electron chi connectivity index (χ4n) is 2.57. The van der Waals surface area contributed by atoms with Gasteiger partial charge in [0, 0.05) is 37.2 Å². The highest BCUT2D eigenvalue weighted by molar-refractivity contribution is 5.95. The number of carbonyl (C=O) groups excluding carboxylic acids is 1. The molecule has 0 fully saturated rings. The van der Waals surface area contributed by atoms with Crippen LogP contribution in [0, 0.1) is 12.8 Å². The Morgan fingerprint density at radius 3 is 2.72 bits per heavy atom. The number of amides is 1. The number of aryl methyl sites for hydroxylation is 1. The normalized spacial score (nSPS) is 11.9. The average molecular weight is 335 g/mol. The standard InChI is InChI=1S/C19H21N5O/c1-14(13-24-10-6-9-22-24)11-21-19(25)17-12-20-18(23-15(17)2)16-7-4-3-5-8-16/h3-10,12,14H,11,13H2,1-2H3,(H,21,25)/t14-/m1/s1. The van der Waals surface area contributed by atoms with E-state index in [0.717, 1.165) is 12.1 Å². The molecule has 6 nitrogen and oxygen atoms in total. The lowest BCUT2D eigenvalue weighted by Crippen LogP contribution is -2.30. The van der Waals surface area contributed by atoms with Crippen LogP contribution in [0.4, 0.5) is 0 Å². The highest BCUT2D eigenvalue weighted by atomic mass is 16.1. The minimum atomic E-state index is -0.149. The lowest BCUT2D eigenvalue weighted by Gasteiger charge is -2.13. The first-order chi connectivity index (χ1) is 12.1. The highest BCUT2D eigenvalue weighted by Gasteiger charge is 2.13. The van der Waals surface area contributed by atoms with E-state index in [1.165, 1.54) is 0 Å². The molecule has 1 N–H and O–H groups in total. The van der Waals surface area contributed by atoms with Crippen LogP contribution in [0.5, 0.6) is 0 Å². The lowest BCUT2D eigenvalue weighted by molar-refractivity contribution is 0.0945. The van der Waals surface area contributed by atoms with Gasteiger partial charge in [0.05, 0.1) is 11.3 Å². The van der Waals surface area contributed by atoms with Crippen molar-refractivity contribution in [2.75, 3.05) is 6.54 Å². The first-order valence-corrected chi connectivity index (χ1v) is 8.28. The van der Waals surface area contributed by atoms with Crippen LogP contribution < -0.4 is 5.32 Å². The molecule has 0 aliphatic rings. The molecule has 0 aliphatic heterocycles. The average Bonchev–Trinajstić information content (AvgIpc) is 3.13. The SMILES string of the molecule is Cc1nc(-c2ccccc2)ncc1C(=O)NC[C@@H](C)Cn1cccn1. The Hall–Kier alpha value is -3.02. The minimum absolute atomic E-state index is 0.149. The summed E-state index contributed by atoms with van der Waals surface area (Å²) in [7, 11) is 0. The summed E-state index contributed by atoms with van der Waals surface area (Å²) in [5, 5.41) is 7.13. The maximum Gasteiger partial charge on any atom is 0.254 e. The van der Waals surface area contributed by atoms with E-state index < -0.39 is 0 Å². The van der Waals surface area contributed by atoms with E-state index in [1.807, 2.05) is 54.2 Å². The van der Waals surface area contributed by atoms with Crippen LogP contribution in [-0.4, -0.2) is 32.2 Å². The summed E-state index contributed by atoms with van der Waals surface area (Å²) in [4.78, 5) is 21.2. The van der Waals surface area contributed by atoms with Crippen molar-refractivity contribution in [3.63, 3.8) is 0 Å². The van der Waals surface area contributed by atoms with E-state index >= 15 is 0 Å². The molecule has 2 aromatic heterocycles. The maximum absolute atomic E-state index is 12.4. The monoisotopic (exact) mass is 335 g/mol. The van der Waals surface area contributed by atoms with E-state index in [1.54, 1.807) is 12.4 Å². The molecular formula is C19H21N5O. The first kappa shape index (κ1) is 16.8. The van der Waals surface area contributed by atoms with Gasteiger partial charge in [-0.05, 0) is 18.9 Å². The summed E-state index contributed by atoms with van der Waals surface area (Å²) in [5.41, 5.74) is 2.11. The van der Waals surface area contributed by atoms with Gasteiger partial charge in [0.15, 0.2) is 5.82 Å². The fraction of sp³-hybridized carbons (Fsp3) is 0.263. The molecule has 0 aliphatic carbocycles. The summed E-state index contributed by atoms with van der Waals surface area (Å²) >= 11 is 0. The van der Waals surface area contributed by atoms with Crippen molar-refractivity contribution in [1.82, 2.24) is 25.1 Å². The Bertz CT molecular complexity index is 830. The third-order valence-electron chi connectivity index (χ3n) is 3.92. The quantitative estimate of drug-likeness (QED) is 0.752. The molecule has 1 aromatic carbocycles. The Labute approximate surface area is 146 Å². The second-order valence-electron chi connectivity index (χ2n) is 6.10. The van der Waals surface area contributed by atoms with Crippen LogP contribution in [0.1, 0.15) is 23.0 Å². The van der Waals surface area contributed by atoms with Gasteiger partial charge in [0.25, 0.3) is 5.91 Å². The van der Waals surface area contributed by atoms with Crippen LogP contribution in [0.2, 0.25) is 0 Å². The van der Waals surface area contributed by atoms with E-state index in [9.17, 15) is 4.79 Å². The smallest absolute Gasteiger partial charge is 0.254 e. The molecule has 25 heavy (non-hydrogen) atoms. The van der Waals surface area contributed by atoms with Gasteiger partial charge in [-0.25, -0.2) is 9.97 Å². The van der Waals surface area contributed by atoms with Crippen molar-refractivity contribution in [3.05, 3.63) is 66.2 Å². The number of rotatable bonds is 6. The molecule has 128 valence electrons. The van der Waals surface area contributed by atoms with Crippen molar-refractivity contribution in [2.45, 2.75) is 20.4 Å². The van der Waals surface area contributed by atoms with Crippen LogP contribution in [0.25, 0.3) is 11.4 Å². The number of hydrogen-bond donors (Lipinski definition) is 1. The number of hydrogen-bond acceptors (Lipinski definition) is 4. The Kier molecular flexibility index (Phi) is 5.18. The molecule has 0 spiro atoms. The largest absolute Gasteiger partial charge is 0.352 e. The number of nitrogens with zero attached hydrogens (tertiary/aromatic N) is 4. The van der Waals surface area contributed by atoms with Crippen LogP contribution in [0.15, 0.2) is 55.0 Å². The molecule has 0 saturated heterocycles. The number of carbonyl (C=O) groups is 1. The molecule has 0 saturated carbocycles. The van der Waals surface area contributed by atoms with Crippen LogP contribution >= 0.6 is 0 Å². The first-order valence-electron chi connectivity index (χ1n) is 8.28. The molecule has 1 amide bonds. The third kappa shape index (κ3) is 4.29. The maximum atomic E-state index is 12.4. The Balaban J connectivity index is 1.62. The zero-order valence-corrected chi connectivity index (χ0v) is 14.4.